The van der Waals surface area contributed by atoms with Crippen molar-refractivity contribution >= 4 is 0 Å². The third-order valence-corrected chi connectivity index (χ3v) is 2.11. The van der Waals surface area contributed by atoms with E-state index in [-0.39, 0.29) is 0 Å². The van der Waals surface area contributed by atoms with E-state index in [9.17, 15) is 0 Å². The van der Waals surface area contributed by atoms with Crippen molar-refractivity contribution in [1.29, 1.82) is 0 Å². The maximum Gasteiger partial charge on any atom is 0.0619 e. The van der Waals surface area contributed by atoms with E-state index in [0.717, 1.165) is 13.2 Å². The van der Waals surface area contributed by atoms with Crippen LogP contribution in [0.25, 0.3) is 0 Å². The molecule has 0 N–H and O–H groups in total. The Labute approximate surface area is 56.8 Å². The van der Waals surface area contributed by atoms with Gasteiger partial charge < -0.3 is 4.74 Å². The van der Waals surface area contributed by atoms with Gasteiger partial charge in [-0.3, -0.25) is 4.90 Å². The Hall–Kier alpha value is -0.0800. The van der Waals surface area contributed by atoms with Gasteiger partial charge >= 0.3 is 0 Å². The normalized spacial score (nSPS) is 39.0. The van der Waals surface area contributed by atoms with Crippen molar-refractivity contribution in [2.45, 2.75) is 25.9 Å². The van der Waals surface area contributed by atoms with Gasteiger partial charge in [-0.15, -0.1) is 0 Å². The molecule has 0 amide bonds. The highest BCUT2D eigenvalue weighted by Crippen LogP contribution is 2.08. The average molecular weight is 129 g/mol. The van der Waals surface area contributed by atoms with Crippen molar-refractivity contribution in [2.24, 2.45) is 0 Å². The number of likely N-dealkylation sites (N-methyl/N-ethyl adjacent to an activating group) is 1. The van der Waals surface area contributed by atoms with Crippen molar-refractivity contribution in [3.8, 4) is 0 Å². The topological polar surface area (TPSA) is 12.5 Å². The molecule has 2 nitrogen and oxygen atoms in total. The fourth-order valence-corrected chi connectivity index (χ4v) is 1.08. The predicted octanol–water partition coefficient (Wildman–Crippen LogP) is 0.725. The second kappa shape index (κ2) is 2.67. The fourth-order valence-electron chi connectivity index (χ4n) is 1.08. The minimum atomic E-state index is 0.591. The molecule has 1 aliphatic rings. The van der Waals surface area contributed by atoms with Gasteiger partial charge in [-0.1, -0.05) is 0 Å². The zero-order valence-electron chi connectivity index (χ0n) is 6.42. The van der Waals surface area contributed by atoms with Gasteiger partial charge in [0.25, 0.3) is 0 Å². The molecule has 2 atom stereocenters. The van der Waals surface area contributed by atoms with Crippen molar-refractivity contribution in [2.75, 3.05) is 20.3 Å². The lowest BCUT2D eigenvalue weighted by atomic mass is 10.2. The van der Waals surface area contributed by atoms with Crippen LogP contribution in [-0.2, 0) is 4.74 Å². The third-order valence-electron chi connectivity index (χ3n) is 2.11. The molecular formula is C7H15NO. The van der Waals surface area contributed by atoms with Crippen molar-refractivity contribution in [3.05, 3.63) is 0 Å². The van der Waals surface area contributed by atoms with E-state index in [0.29, 0.717) is 12.1 Å². The van der Waals surface area contributed by atoms with Gasteiger partial charge in [0, 0.05) is 12.1 Å². The highest BCUT2D eigenvalue weighted by Gasteiger charge is 2.20. The lowest BCUT2D eigenvalue weighted by Gasteiger charge is -2.35. The molecule has 0 radical (unpaired) electrons. The summed E-state index contributed by atoms with van der Waals surface area (Å²) in [6.07, 6.45) is 0. The molecule has 1 rings (SSSR count). The van der Waals surface area contributed by atoms with E-state index in [1.807, 2.05) is 0 Å². The summed E-state index contributed by atoms with van der Waals surface area (Å²) < 4.78 is 5.32. The van der Waals surface area contributed by atoms with Gasteiger partial charge in [0.2, 0.25) is 0 Å². The van der Waals surface area contributed by atoms with Gasteiger partial charge in [-0.25, -0.2) is 0 Å². The van der Waals surface area contributed by atoms with Crippen LogP contribution in [-0.4, -0.2) is 37.2 Å². The van der Waals surface area contributed by atoms with Crippen LogP contribution in [0.4, 0.5) is 0 Å². The zero-order chi connectivity index (χ0) is 6.85. The highest BCUT2D eigenvalue weighted by atomic mass is 16.5. The monoisotopic (exact) mass is 129 g/mol. The molecule has 2 heteroatoms. The first-order valence-corrected chi connectivity index (χ1v) is 3.51. The summed E-state index contributed by atoms with van der Waals surface area (Å²) in [7, 11) is 2.15. The lowest BCUT2D eigenvalue weighted by Crippen LogP contribution is -2.46. The minimum Gasteiger partial charge on any atom is -0.378 e. The molecular weight excluding hydrogens is 114 g/mol. The first kappa shape index (κ1) is 7.03. The Morgan fingerprint density at radius 3 is 2.00 bits per heavy atom. The second-order valence-corrected chi connectivity index (χ2v) is 2.90. The Balaban J connectivity index is 2.41. The van der Waals surface area contributed by atoms with Gasteiger partial charge in [0.05, 0.1) is 13.2 Å². The van der Waals surface area contributed by atoms with Crippen LogP contribution in [0.3, 0.4) is 0 Å². The number of nitrogens with zero attached hydrogens (tertiary/aromatic N) is 1. The third kappa shape index (κ3) is 1.43. The fraction of sp³-hybridized carbons (Fsp3) is 1.00. The molecule has 0 aliphatic carbocycles. The summed E-state index contributed by atoms with van der Waals surface area (Å²) in [6.45, 7) is 6.16. The molecule has 0 aromatic heterocycles. The standard InChI is InChI=1S/C7H15NO/c1-6-4-9-5-7(2)8(6)3/h6-7H,4-5H2,1-3H3. The van der Waals surface area contributed by atoms with Crippen LogP contribution >= 0.6 is 0 Å². The van der Waals surface area contributed by atoms with Crippen LogP contribution in [0.15, 0.2) is 0 Å². The Bertz CT molecular complexity index is 84.9. The molecule has 1 aliphatic heterocycles. The average Bonchev–Trinajstić information content (AvgIpc) is 1.83. The van der Waals surface area contributed by atoms with Crippen molar-refractivity contribution < 1.29 is 4.74 Å². The van der Waals surface area contributed by atoms with E-state index in [1.54, 1.807) is 0 Å². The minimum absolute atomic E-state index is 0.591. The molecule has 1 fully saturated rings. The van der Waals surface area contributed by atoms with Crippen LogP contribution in [0.5, 0.6) is 0 Å². The van der Waals surface area contributed by atoms with Crippen molar-refractivity contribution in [1.82, 2.24) is 4.90 Å². The largest absolute Gasteiger partial charge is 0.378 e. The van der Waals surface area contributed by atoms with Gasteiger partial charge in [-0.05, 0) is 20.9 Å². The smallest absolute Gasteiger partial charge is 0.0619 e. The van der Waals surface area contributed by atoms with E-state index in [4.69, 9.17) is 4.74 Å². The molecule has 0 saturated carbocycles. The molecule has 9 heavy (non-hydrogen) atoms. The van der Waals surface area contributed by atoms with Gasteiger partial charge in [-0.2, -0.15) is 0 Å². The van der Waals surface area contributed by atoms with Crippen molar-refractivity contribution in [3.63, 3.8) is 0 Å². The van der Waals surface area contributed by atoms with Gasteiger partial charge in [0.15, 0.2) is 0 Å². The molecule has 0 aromatic carbocycles. The van der Waals surface area contributed by atoms with E-state index < -0.39 is 0 Å². The van der Waals surface area contributed by atoms with Gasteiger partial charge in [0.1, 0.15) is 0 Å². The molecule has 54 valence electrons. The molecule has 0 bridgehead atoms. The Morgan fingerprint density at radius 2 is 1.67 bits per heavy atom. The van der Waals surface area contributed by atoms with Crippen LogP contribution in [0, 0.1) is 0 Å². The SMILES string of the molecule is CC1COCC(C)N1C. The molecule has 2 unspecified atom stereocenters. The first-order chi connectivity index (χ1) is 4.22. The maximum atomic E-state index is 5.32. The summed E-state index contributed by atoms with van der Waals surface area (Å²) in [5, 5.41) is 0. The molecule has 0 aromatic rings. The summed E-state index contributed by atoms with van der Waals surface area (Å²) in [4.78, 5) is 2.35. The van der Waals surface area contributed by atoms with Crippen LogP contribution in [0.1, 0.15) is 13.8 Å². The van der Waals surface area contributed by atoms with E-state index >= 15 is 0 Å². The van der Waals surface area contributed by atoms with E-state index in [2.05, 4.69) is 25.8 Å². The Kier molecular flexibility index (Phi) is 2.09. The second-order valence-electron chi connectivity index (χ2n) is 2.90. The van der Waals surface area contributed by atoms with Crippen LogP contribution in [0.2, 0.25) is 0 Å². The first-order valence-electron chi connectivity index (χ1n) is 3.51. The summed E-state index contributed by atoms with van der Waals surface area (Å²) in [6, 6.07) is 1.18. The lowest BCUT2D eigenvalue weighted by molar-refractivity contribution is -0.0227. The number of rotatable bonds is 0. The summed E-state index contributed by atoms with van der Waals surface area (Å²) in [5.41, 5.74) is 0. The number of hydrogen-bond acceptors (Lipinski definition) is 2. The zero-order valence-corrected chi connectivity index (χ0v) is 6.42. The number of hydrogen-bond donors (Lipinski definition) is 0. The highest BCUT2D eigenvalue weighted by molar-refractivity contribution is 4.73. The maximum absolute atomic E-state index is 5.32. The number of ether oxygens (including phenoxy) is 1. The molecule has 1 saturated heterocycles. The quantitative estimate of drug-likeness (QED) is 0.478. The predicted molar refractivity (Wildman–Crippen MR) is 37.5 cm³/mol. The van der Waals surface area contributed by atoms with Crippen LogP contribution < -0.4 is 0 Å². The number of morpholine rings is 1. The summed E-state index contributed by atoms with van der Waals surface area (Å²) >= 11 is 0. The molecule has 0 spiro atoms. The van der Waals surface area contributed by atoms with E-state index in [1.165, 1.54) is 0 Å². The molecule has 1 heterocycles. The summed E-state index contributed by atoms with van der Waals surface area (Å²) in [5.74, 6) is 0. The Morgan fingerprint density at radius 1 is 1.22 bits per heavy atom.